The number of aromatic amines is 1. The van der Waals surface area contributed by atoms with E-state index in [0.29, 0.717) is 16.7 Å². The van der Waals surface area contributed by atoms with E-state index in [2.05, 4.69) is 21.1 Å². The van der Waals surface area contributed by atoms with E-state index in [9.17, 15) is 14.4 Å². The first kappa shape index (κ1) is 17.2. The normalized spacial score (nSPS) is 19.9. The van der Waals surface area contributed by atoms with Gasteiger partial charge < -0.3 is 15.6 Å². The van der Waals surface area contributed by atoms with Crippen LogP contribution in [0.3, 0.4) is 0 Å². The number of piperidine rings is 1. The predicted molar refractivity (Wildman–Crippen MR) is 101 cm³/mol. The minimum atomic E-state index is -0.717. The van der Waals surface area contributed by atoms with Gasteiger partial charge in [-0.1, -0.05) is 0 Å². The van der Waals surface area contributed by atoms with Crippen LogP contribution in [0.4, 0.5) is 4.39 Å². The number of amides is 1. The molecule has 2 aromatic heterocycles. The maximum atomic E-state index is 13.9. The predicted octanol–water partition coefficient (Wildman–Crippen LogP) is 2.32. The second-order valence-corrected chi connectivity index (χ2v) is 8.10. The van der Waals surface area contributed by atoms with Gasteiger partial charge in [-0.05, 0) is 56.8 Å². The van der Waals surface area contributed by atoms with Crippen molar-refractivity contribution in [3.05, 3.63) is 35.3 Å². The van der Waals surface area contributed by atoms with E-state index >= 15 is 0 Å². The maximum absolute atomic E-state index is 13.9. The van der Waals surface area contributed by atoms with E-state index in [4.69, 9.17) is 5.73 Å². The molecule has 28 heavy (non-hydrogen) atoms. The molecule has 0 atom stereocenters. The molecule has 5 rings (SSSR count). The molecule has 3 N–H and O–H groups in total. The van der Waals surface area contributed by atoms with Gasteiger partial charge in [-0.2, -0.15) is 10.4 Å². The molecule has 2 fully saturated rings. The summed E-state index contributed by atoms with van der Waals surface area (Å²) in [7, 11) is 0. The Morgan fingerprint density at radius 1 is 1.39 bits per heavy atom. The first-order valence-electron chi connectivity index (χ1n) is 9.63. The van der Waals surface area contributed by atoms with Crippen LogP contribution in [-0.2, 0) is 5.41 Å². The molecule has 0 spiro atoms. The van der Waals surface area contributed by atoms with Crippen LogP contribution < -0.4 is 5.73 Å². The molecule has 1 aliphatic heterocycles. The molecule has 7 nitrogen and oxygen atoms in total. The van der Waals surface area contributed by atoms with E-state index in [1.807, 2.05) is 0 Å². The second kappa shape index (κ2) is 6.04. The van der Waals surface area contributed by atoms with Crippen molar-refractivity contribution in [3.63, 3.8) is 0 Å². The van der Waals surface area contributed by atoms with Crippen molar-refractivity contribution in [1.82, 2.24) is 19.5 Å². The highest BCUT2D eigenvalue weighted by Gasteiger charge is 2.40. The van der Waals surface area contributed by atoms with Crippen molar-refractivity contribution < 1.29 is 9.18 Å². The number of likely N-dealkylation sites (tertiary alicyclic amines) is 1. The van der Waals surface area contributed by atoms with E-state index in [1.165, 1.54) is 18.9 Å². The van der Waals surface area contributed by atoms with Crippen LogP contribution in [0.5, 0.6) is 0 Å². The van der Waals surface area contributed by atoms with Gasteiger partial charge in [-0.3, -0.25) is 4.79 Å². The molecule has 0 bridgehead atoms. The third kappa shape index (κ3) is 2.58. The van der Waals surface area contributed by atoms with Crippen molar-refractivity contribution in [2.75, 3.05) is 19.6 Å². The number of nitriles is 1. The lowest BCUT2D eigenvalue weighted by Crippen LogP contribution is -2.42. The third-order valence-electron chi connectivity index (χ3n) is 6.23. The molecule has 1 aromatic carbocycles. The highest BCUT2D eigenvalue weighted by Crippen LogP contribution is 2.39. The molecule has 3 heterocycles. The molecule has 1 amide bonds. The molecular formula is C20H21FN6O. The fourth-order valence-corrected chi connectivity index (χ4v) is 4.45. The number of hydrogen-bond donors (Lipinski definition) is 2. The summed E-state index contributed by atoms with van der Waals surface area (Å²) in [6.07, 6.45) is 5.78. The largest absolute Gasteiger partial charge is 0.366 e. The highest BCUT2D eigenvalue weighted by atomic mass is 19.1. The van der Waals surface area contributed by atoms with Crippen molar-refractivity contribution in [2.45, 2.75) is 31.1 Å². The first-order chi connectivity index (χ1) is 13.5. The topological polar surface area (TPSA) is 103 Å². The summed E-state index contributed by atoms with van der Waals surface area (Å²) >= 11 is 0. The Hall–Kier alpha value is -2.92. The Bertz CT molecular complexity index is 1130. The van der Waals surface area contributed by atoms with E-state index in [0.717, 1.165) is 50.0 Å². The number of carbonyl (C=O) groups excluding carboxylic acids is 1. The summed E-state index contributed by atoms with van der Waals surface area (Å²) in [4.78, 5) is 17.4. The Morgan fingerprint density at radius 3 is 2.79 bits per heavy atom. The molecule has 0 radical (unpaired) electrons. The minimum Gasteiger partial charge on any atom is -0.366 e. The first-order valence-corrected chi connectivity index (χ1v) is 9.63. The van der Waals surface area contributed by atoms with Gasteiger partial charge in [0.2, 0.25) is 0 Å². The Morgan fingerprint density at radius 2 is 2.14 bits per heavy atom. The average molecular weight is 380 g/mol. The second-order valence-electron chi connectivity index (χ2n) is 8.10. The number of rotatable bonds is 4. The van der Waals surface area contributed by atoms with Crippen LogP contribution in [0.15, 0.2) is 18.3 Å². The number of nitrogens with zero attached hydrogens (tertiary/aromatic N) is 4. The number of primary amides is 1. The van der Waals surface area contributed by atoms with Gasteiger partial charge in [0.25, 0.3) is 5.91 Å². The number of aromatic nitrogens is 3. The molecule has 1 aliphatic carbocycles. The van der Waals surface area contributed by atoms with E-state index in [1.54, 1.807) is 10.7 Å². The molecule has 2 aliphatic rings. The van der Waals surface area contributed by atoms with Gasteiger partial charge in [0.1, 0.15) is 17.0 Å². The van der Waals surface area contributed by atoms with Crippen LogP contribution in [0.2, 0.25) is 0 Å². The lowest BCUT2D eigenvalue weighted by atomic mass is 9.75. The van der Waals surface area contributed by atoms with Crippen molar-refractivity contribution in [3.8, 4) is 6.07 Å². The fraction of sp³-hybridized carbons (Fsp3) is 0.450. The zero-order chi connectivity index (χ0) is 19.5. The molecule has 1 saturated heterocycles. The Labute approximate surface area is 160 Å². The smallest absolute Gasteiger partial charge is 0.251 e. The number of carbonyl (C=O) groups is 1. The van der Waals surface area contributed by atoms with Gasteiger partial charge >= 0.3 is 0 Å². The third-order valence-corrected chi connectivity index (χ3v) is 6.23. The zero-order valence-corrected chi connectivity index (χ0v) is 15.4. The molecular weight excluding hydrogens is 359 g/mol. The quantitative estimate of drug-likeness (QED) is 0.725. The monoisotopic (exact) mass is 380 g/mol. The lowest BCUT2D eigenvalue weighted by Gasteiger charge is -2.36. The molecule has 0 unspecified atom stereocenters. The standard InChI is InChI=1S/C20H21FN6O/c21-13-7-14(18(23)28)17-16(8-13)25-19-15(9-24-27(17)19)20(11-22)3-5-26(6-4-20)10-12-1-2-12/h7-9,12,25H,1-6,10H2,(H2,23,28). The lowest BCUT2D eigenvalue weighted by molar-refractivity contribution is 0.100. The molecule has 3 aromatic rings. The van der Waals surface area contributed by atoms with Crippen LogP contribution in [0.25, 0.3) is 16.7 Å². The summed E-state index contributed by atoms with van der Waals surface area (Å²) in [5.74, 6) is -0.435. The Kier molecular flexibility index (Phi) is 3.71. The number of benzene rings is 1. The summed E-state index contributed by atoms with van der Waals surface area (Å²) in [5.41, 5.74) is 7.17. The number of fused-ring (bicyclic) bond motifs is 3. The number of nitrogens with two attached hydrogens (primary N) is 1. The summed E-state index contributed by atoms with van der Waals surface area (Å²) in [5, 5.41) is 14.5. The Balaban J connectivity index is 1.58. The molecule has 8 heteroatoms. The average Bonchev–Trinajstić information content (AvgIpc) is 3.28. The van der Waals surface area contributed by atoms with Gasteiger partial charge in [-0.25, -0.2) is 8.91 Å². The van der Waals surface area contributed by atoms with Crippen LogP contribution in [-0.4, -0.2) is 45.0 Å². The van der Waals surface area contributed by atoms with Crippen molar-refractivity contribution >= 4 is 22.6 Å². The van der Waals surface area contributed by atoms with Gasteiger partial charge in [0.05, 0.1) is 28.8 Å². The van der Waals surface area contributed by atoms with Gasteiger partial charge in [0.15, 0.2) is 0 Å². The SMILES string of the molecule is N#CC1(c2cnn3c2[nH]c2cc(F)cc(C(N)=O)c23)CCN(CC2CC2)CC1. The minimum absolute atomic E-state index is 0.0705. The summed E-state index contributed by atoms with van der Waals surface area (Å²) in [6.45, 7) is 2.88. The van der Waals surface area contributed by atoms with Crippen molar-refractivity contribution in [1.29, 1.82) is 5.26 Å². The van der Waals surface area contributed by atoms with Crippen LogP contribution in [0.1, 0.15) is 41.6 Å². The van der Waals surface area contributed by atoms with Gasteiger partial charge in [-0.15, -0.1) is 0 Å². The number of nitrogens with one attached hydrogen (secondary N) is 1. The molecule has 1 saturated carbocycles. The zero-order valence-electron chi connectivity index (χ0n) is 15.4. The summed E-state index contributed by atoms with van der Waals surface area (Å²) < 4.78 is 15.5. The van der Waals surface area contributed by atoms with E-state index < -0.39 is 17.1 Å². The number of hydrogen-bond acceptors (Lipinski definition) is 4. The van der Waals surface area contributed by atoms with Crippen molar-refractivity contribution in [2.24, 2.45) is 11.7 Å². The highest BCUT2D eigenvalue weighted by molar-refractivity contribution is 6.05. The number of halogens is 1. The van der Waals surface area contributed by atoms with Gasteiger partial charge in [0, 0.05) is 12.1 Å². The maximum Gasteiger partial charge on any atom is 0.251 e. The fourth-order valence-electron chi connectivity index (χ4n) is 4.45. The van der Waals surface area contributed by atoms with Crippen LogP contribution in [0, 0.1) is 23.1 Å². The number of imidazole rings is 1. The molecule has 144 valence electrons. The summed E-state index contributed by atoms with van der Waals surface area (Å²) in [6, 6.07) is 4.97. The number of H-pyrrole nitrogens is 1. The van der Waals surface area contributed by atoms with Crippen LogP contribution >= 0.6 is 0 Å². The van der Waals surface area contributed by atoms with E-state index in [-0.39, 0.29) is 5.56 Å².